The molecular weight excluding hydrogens is 275 g/mol. The van der Waals surface area contributed by atoms with Gasteiger partial charge in [-0.05, 0) is 45.2 Å². The summed E-state index contributed by atoms with van der Waals surface area (Å²) in [6, 6.07) is 4.44. The van der Waals surface area contributed by atoms with Gasteiger partial charge in [-0.3, -0.25) is 4.79 Å². The van der Waals surface area contributed by atoms with Crippen molar-refractivity contribution in [2.75, 3.05) is 13.2 Å². The topological polar surface area (TPSA) is 55.8 Å². The molecule has 5 heteroatoms. The molecule has 118 valence electrons. The highest BCUT2D eigenvalue weighted by atomic mass is 19.1. The Morgan fingerprint density at radius 2 is 2.10 bits per heavy atom. The Kier molecular flexibility index (Phi) is 7.75. The van der Waals surface area contributed by atoms with Gasteiger partial charge in [0.2, 0.25) is 0 Å². The van der Waals surface area contributed by atoms with E-state index in [-0.39, 0.29) is 11.5 Å². The first-order valence-electron chi connectivity index (χ1n) is 7.30. The number of carbonyl (C=O) groups excluding carboxylic acids is 1. The molecule has 1 aromatic carbocycles. The molecular formula is C16H23FO4. The van der Waals surface area contributed by atoms with Crippen molar-refractivity contribution in [1.29, 1.82) is 0 Å². The van der Waals surface area contributed by atoms with Crippen molar-refractivity contribution < 1.29 is 23.8 Å². The highest BCUT2D eigenvalue weighted by molar-refractivity contribution is 5.69. The summed E-state index contributed by atoms with van der Waals surface area (Å²) < 4.78 is 23.9. The molecule has 1 aromatic rings. The third-order valence-electron chi connectivity index (χ3n) is 3.02. The van der Waals surface area contributed by atoms with Gasteiger partial charge in [0, 0.05) is 18.1 Å². The number of aliphatic hydroxyl groups is 1. The summed E-state index contributed by atoms with van der Waals surface area (Å²) >= 11 is 0. The van der Waals surface area contributed by atoms with E-state index in [2.05, 4.69) is 0 Å². The summed E-state index contributed by atoms with van der Waals surface area (Å²) in [6.07, 6.45) is 2.00. The third kappa shape index (κ3) is 6.58. The van der Waals surface area contributed by atoms with Crippen LogP contribution in [-0.4, -0.2) is 24.3 Å². The second kappa shape index (κ2) is 9.34. The van der Waals surface area contributed by atoms with Crippen molar-refractivity contribution >= 4 is 5.97 Å². The average molecular weight is 298 g/mol. The van der Waals surface area contributed by atoms with E-state index in [1.807, 2.05) is 0 Å². The van der Waals surface area contributed by atoms with Crippen molar-refractivity contribution in [2.24, 2.45) is 0 Å². The second-order valence-corrected chi connectivity index (χ2v) is 4.82. The fourth-order valence-corrected chi connectivity index (χ4v) is 1.91. The number of esters is 1. The van der Waals surface area contributed by atoms with Crippen molar-refractivity contribution in [1.82, 2.24) is 0 Å². The van der Waals surface area contributed by atoms with Crippen molar-refractivity contribution in [3.63, 3.8) is 0 Å². The van der Waals surface area contributed by atoms with Crippen LogP contribution in [0.2, 0.25) is 0 Å². The zero-order valence-electron chi connectivity index (χ0n) is 12.6. The van der Waals surface area contributed by atoms with Gasteiger partial charge in [-0.2, -0.15) is 0 Å². The van der Waals surface area contributed by atoms with Gasteiger partial charge in [0.25, 0.3) is 0 Å². The lowest BCUT2D eigenvalue weighted by Gasteiger charge is -2.10. The van der Waals surface area contributed by atoms with Crippen molar-refractivity contribution in [3.05, 3.63) is 29.6 Å². The number of hydrogen-bond donors (Lipinski definition) is 1. The van der Waals surface area contributed by atoms with E-state index in [1.54, 1.807) is 13.0 Å². The van der Waals surface area contributed by atoms with Crippen LogP contribution in [0, 0.1) is 5.82 Å². The Hall–Kier alpha value is -1.62. The van der Waals surface area contributed by atoms with Crippen LogP contribution >= 0.6 is 0 Å². The van der Waals surface area contributed by atoms with Crippen LogP contribution in [0.4, 0.5) is 4.39 Å². The lowest BCUT2D eigenvalue weighted by molar-refractivity contribution is -0.143. The zero-order chi connectivity index (χ0) is 15.7. The predicted molar refractivity (Wildman–Crippen MR) is 77.6 cm³/mol. The monoisotopic (exact) mass is 298 g/mol. The molecule has 0 fully saturated rings. The first-order chi connectivity index (χ1) is 10.0. The van der Waals surface area contributed by atoms with Crippen LogP contribution in [0.5, 0.6) is 5.75 Å². The van der Waals surface area contributed by atoms with Gasteiger partial charge < -0.3 is 14.6 Å². The number of ether oxygens (including phenoxy) is 2. The summed E-state index contributed by atoms with van der Waals surface area (Å²) in [6.45, 7) is 4.18. The maximum Gasteiger partial charge on any atom is 0.305 e. The molecule has 21 heavy (non-hydrogen) atoms. The zero-order valence-corrected chi connectivity index (χ0v) is 12.6. The second-order valence-electron chi connectivity index (χ2n) is 4.82. The first-order valence-corrected chi connectivity index (χ1v) is 7.30. The summed E-state index contributed by atoms with van der Waals surface area (Å²) in [7, 11) is 0. The minimum Gasteiger partial charge on any atom is -0.493 e. The summed E-state index contributed by atoms with van der Waals surface area (Å²) in [5.74, 6) is -0.193. The SMILES string of the molecule is CCOC(=O)CCCCCOc1ccc(C(C)O)c(F)c1. The van der Waals surface area contributed by atoms with E-state index in [9.17, 15) is 14.3 Å². The molecule has 0 aliphatic carbocycles. The lowest BCUT2D eigenvalue weighted by atomic mass is 10.1. The van der Waals surface area contributed by atoms with Gasteiger partial charge in [-0.25, -0.2) is 4.39 Å². The van der Waals surface area contributed by atoms with Gasteiger partial charge in [0.1, 0.15) is 11.6 Å². The molecule has 1 unspecified atom stereocenters. The van der Waals surface area contributed by atoms with Crippen LogP contribution in [0.25, 0.3) is 0 Å². The minimum atomic E-state index is -0.832. The molecule has 0 saturated carbocycles. The fourth-order valence-electron chi connectivity index (χ4n) is 1.91. The van der Waals surface area contributed by atoms with Crippen LogP contribution in [0.1, 0.15) is 51.2 Å². The molecule has 4 nitrogen and oxygen atoms in total. The normalized spacial score (nSPS) is 12.0. The molecule has 0 radical (unpaired) electrons. The molecule has 1 atom stereocenters. The molecule has 0 aromatic heterocycles. The molecule has 0 bridgehead atoms. The van der Waals surface area contributed by atoms with E-state index in [1.165, 1.54) is 19.1 Å². The molecule has 0 aliphatic rings. The fraction of sp³-hybridized carbons (Fsp3) is 0.562. The number of carbonyl (C=O) groups is 1. The van der Waals surface area contributed by atoms with E-state index in [0.29, 0.717) is 25.4 Å². The molecule has 0 saturated heterocycles. The summed E-state index contributed by atoms with van der Waals surface area (Å²) in [5, 5.41) is 9.33. The van der Waals surface area contributed by atoms with Crippen LogP contribution < -0.4 is 4.74 Å². The van der Waals surface area contributed by atoms with Gasteiger partial charge in [0.05, 0.1) is 19.3 Å². The van der Waals surface area contributed by atoms with E-state index < -0.39 is 11.9 Å². The standard InChI is InChI=1S/C16H23FO4/c1-3-20-16(19)7-5-4-6-10-21-13-8-9-14(12(2)18)15(17)11-13/h8-9,11-12,18H,3-7,10H2,1-2H3. The van der Waals surface area contributed by atoms with Crippen LogP contribution in [0.15, 0.2) is 18.2 Å². The summed E-state index contributed by atoms with van der Waals surface area (Å²) in [5.41, 5.74) is 0.261. The molecule has 0 aliphatic heterocycles. The van der Waals surface area contributed by atoms with E-state index in [0.717, 1.165) is 19.3 Å². The Morgan fingerprint density at radius 3 is 2.71 bits per heavy atom. The summed E-state index contributed by atoms with van der Waals surface area (Å²) in [4.78, 5) is 11.1. The van der Waals surface area contributed by atoms with Crippen LogP contribution in [-0.2, 0) is 9.53 Å². The maximum atomic E-state index is 13.6. The van der Waals surface area contributed by atoms with Gasteiger partial charge in [0.15, 0.2) is 0 Å². The third-order valence-corrected chi connectivity index (χ3v) is 3.02. The highest BCUT2D eigenvalue weighted by Gasteiger charge is 2.09. The number of rotatable bonds is 9. The Bertz CT molecular complexity index is 446. The number of hydrogen-bond acceptors (Lipinski definition) is 4. The number of halogens is 1. The number of benzene rings is 1. The van der Waals surface area contributed by atoms with Crippen molar-refractivity contribution in [3.8, 4) is 5.75 Å². The van der Waals surface area contributed by atoms with Gasteiger partial charge in [-0.15, -0.1) is 0 Å². The smallest absolute Gasteiger partial charge is 0.305 e. The lowest BCUT2D eigenvalue weighted by Crippen LogP contribution is -2.04. The largest absolute Gasteiger partial charge is 0.493 e. The predicted octanol–water partition coefficient (Wildman–Crippen LogP) is 3.38. The number of aliphatic hydroxyl groups excluding tert-OH is 1. The Labute approximate surface area is 124 Å². The van der Waals surface area contributed by atoms with E-state index in [4.69, 9.17) is 9.47 Å². The Morgan fingerprint density at radius 1 is 1.33 bits per heavy atom. The molecule has 1 N–H and O–H groups in total. The van der Waals surface area contributed by atoms with E-state index >= 15 is 0 Å². The molecule has 0 spiro atoms. The van der Waals surface area contributed by atoms with Crippen molar-refractivity contribution in [2.45, 2.75) is 45.6 Å². The maximum absolute atomic E-state index is 13.6. The number of unbranched alkanes of at least 4 members (excludes halogenated alkanes) is 2. The highest BCUT2D eigenvalue weighted by Crippen LogP contribution is 2.21. The minimum absolute atomic E-state index is 0.172. The molecule has 0 heterocycles. The molecule has 1 rings (SSSR count). The molecule has 0 amide bonds. The van der Waals surface area contributed by atoms with Gasteiger partial charge >= 0.3 is 5.97 Å². The van der Waals surface area contributed by atoms with Crippen LogP contribution in [0.3, 0.4) is 0 Å². The Balaban J connectivity index is 2.21. The quantitative estimate of drug-likeness (QED) is 0.561. The van der Waals surface area contributed by atoms with Gasteiger partial charge in [-0.1, -0.05) is 0 Å². The first kappa shape index (κ1) is 17.4. The average Bonchev–Trinajstić information content (AvgIpc) is 2.42.